The molecule has 0 radical (unpaired) electrons. The Kier molecular flexibility index (Phi) is 10.5. The minimum absolute atomic E-state index is 0.0166. The first-order chi connectivity index (χ1) is 13.1. The average Bonchev–Trinajstić information content (AvgIpc) is 2.67. The quantitative estimate of drug-likeness (QED) is 0.363. The van der Waals surface area contributed by atoms with Gasteiger partial charge in [-0.2, -0.15) is 0 Å². The van der Waals surface area contributed by atoms with Crippen LogP contribution in [0.4, 0.5) is 0 Å². The lowest BCUT2D eigenvalue weighted by Gasteiger charge is -2.30. The largest absolute Gasteiger partial charge is 0.465 e. The highest BCUT2D eigenvalue weighted by molar-refractivity contribution is 5.76. The van der Waals surface area contributed by atoms with E-state index in [-0.39, 0.29) is 34.6 Å². The van der Waals surface area contributed by atoms with E-state index in [1.54, 1.807) is 0 Å². The molecule has 164 valence electrons. The highest BCUT2D eigenvalue weighted by atomic mass is 16.5. The maximum absolute atomic E-state index is 12.5. The van der Waals surface area contributed by atoms with Gasteiger partial charge in [0.2, 0.25) is 0 Å². The van der Waals surface area contributed by atoms with E-state index >= 15 is 0 Å². The molecule has 4 nitrogen and oxygen atoms in total. The summed E-state index contributed by atoms with van der Waals surface area (Å²) in [4.78, 5) is 25.1. The van der Waals surface area contributed by atoms with Gasteiger partial charge in [-0.1, -0.05) is 73.6 Å². The summed E-state index contributed by atoms with van der Waals surface area (Å²) in [7, 11) is 0. The van der Waals surface area contributed by atoms with Crippen LogP contribution < -0.4 is 0 Å². The number of carbonyl (C=O) groups excluding carboxylic acids is 2. The smallest absolute Gasteiger partial charge is 0.308 e. The summed E-state index contributed by atoms with van der Waals surface area (Å²) >= 11 is 0. The summed E-state index contributed by atoms with van der Waals surface area (Å²) in [6.07, 6.45) is 9.82. The van der Waals surface area contributed by atoms with Gasteiger partial charge >= 0.3 is 11.9 Å². The topological polar surface area (TPSA) is 52.6 Å². The van der Waals surface area contributed by atoms with Crippen LogP contribution in [0.1, 0.15) is 106 Å². The van der Waals surface area contributed by atoms with Crippen LogP contribution >= 0.6 is 0 Å². The van der Waals surface area contributed by atoms with Crippen molar-refractivity contribution >= 4 is 11.9 Å². The molecule has 0 aliphatic heterocycles. The zero-order valence-electron chi connectivity index (χ0n) is 19.3. The molecule has 4 heteroatoms. The van der Waals surface area contributed by atoms with Crippen LogP contribution in [0.25, 0.3) is 0 Å². The Balaban J connectivity index is 2.45. The van der Waals surface area contributed by atoms with Crippen LogP contribution in [0.15, 0.2) is 0 Å². The van der Waals surface area contributed by atoms with Gasteiger partial charge in [-0.3, -0.25) is 9.59 Å². The highest BCUT2D eigenvalue weighted by Crippen LogP contribution is 2.33. The molecule has 0 bridgehead atoms. The first kappa shape index (κ1) is 25.0. The molecule has 1 fully saturated rings. The van der Waals surface area contributed by atoms with Crippen molar-refractivity contribution in [3.63, 3.8) is 0 Å². The van der Waals surface area contributed by atoms with Crippen LogP contribution in [-0.2, 0) is 19.1 Å². The third-order valence-electron chi connectivity index (χ3n) is 5.97. The van der Waals surface area contributed by atoms with Crippen molar-refractivity contribution in [2.24, 2.45) is 22.7 Å². The number of unbranched alkanes of at least 4 members (excludes halogenated alkanes) is 2. The number of hydrogen-bond acceptors (Lipinski definition) is 4. The van der Waals surface area contributed by atoms with Crippen LogP contribution in [0, 0.1) is 22.7 Å². The maximum atomic E-state index is 12.5. The van der Waals surface area contributed by atoms with E-state index in [9.17, 15) is 9.59 Å². The summed E-state index contributed by atoms with van der Waals surface area (Å²) in [5.41, 5.74) is 0.0332. The molecule has 0 aromatic heterocycles. The van der Waals surface area contributed by atoms with Gasteiger partial charge < -0.3 is 9.47 Å². The number of carbonyl (C=O) groups is 2. The highest BCUT2D eigenvalue weighted by Gasteiger charge is 2.34. The summed E-state index contributed by atoms with van der Waals surface area (Å²) in [6, 6.07) is 0. The molecule has 1 rings (SSSR count). The lowest BCUT2D eigenvalue weighted by molar-refractivity contribution is -0.158. The van der Waals surface area contributed by atoms with Crippen molar-refractivity contribution in [1.29, 1.82) is 0 Å². The molecule has 2 unspecified atom stereocenters. The molecule has 0 amide bonds. The van der Waals surface area contributed by atoms with E-state index < -0.39 is 0 Å². The van der Waals surface area contributed by atoms with Gasteiger partial charge in [0, 0.05) is 0 Å². The Bertz CT molecular complexity index is 439. The van der Waals surface area contributed by atoms with Crippen molar-refractivity contribution in [3.8, 4) is 0 Å². The summed E-state index contributed by atoms with van der Waals surface area (Å²) < 4.78 is 11.3. The first-order valence-electron chi connectivity index (χ1n) is 11.4. The molecular formula is C24H44O4. The summed E-state index contributed by atoms with van der Waals surface area (Å²) in [6.45, 7) is 13.9. The predicted octanol–water partition coefficient (Wildman–Crippen LogP) is 6.31. The lowest BCUT2D eigenvalue weighted by atomic mass is 9.81. The van der Waals surface area contributed by atoms with E-state index in [1.807, 2.05) is 0 Å². The molecule has 0 N–H and O–H groups in total. The molecule has 0 aromatic carbocycles. The van der Waals surface area contributed by atoms with Crippen LogP contribution in [0.2, 0.25) is 0 Å². The third kappa shape index (κ3) is 9.43. The van der Waals surface area contributed by atoms with Gasteiger partial charge in [0.15, 0.2) is 0 Å². The number of hydrogen-bond donors (Lipinski definition) is 0. The van der Waals surface area contributed by atoms with E-state index in [2.05, 4.69) is 41.5 Å². The van der Waals surface area contributed by atoms with E-state index in [0.717, 1.165) is 57.8 Å². The van der Waals surface area contributed by atoms with Gasteiger partial charge in [0.05, 0.1) is 25.0 Å². The first-order valence-corrected chi connectivity index (χ1v) is 11.4. The second-order valence-corrected chi connectivity index (χ2v) is 10.3. The second kappa shape index (κ2) is 11.8. The molecule has 0 saturated heterocycles. The van der Waals surface area contributed by atoms with Crippen LogP contribution in [-0.4, -0.2) is 25.2 Å². The van der Waals surface area contributed by atoms with Gasteiger partial charge in [-0.25, -0.2) is 0 Å². The number of esters is 2. The van der Waals surface area contributed by atoms with Crippen molar-refractivity contribution in [2.75, 3.05) is 13.2 Å². The average molecular weight is 397 g/mol. The fraction of sp³-hybridized carbons (Fsp3) is 0.917. The SMILES string of the molecule is CCCCC(C)(C)COC(=O)C1CCCC(C(=O)OCC(C)(C)CCCC)C1. The molecule has 0 spiro atoms. The molecule has 0 heterocycles. The standard InChI is InChI=1S/C24H44O4/c1-7-9-14-23(3,4)17-27-21(25)19-12-11-13-20(16-19)22(26)28-18-24(5,6)15-10-8-2/h19-20H,7-18H2,1-6H3. The van der Waals surface area contributed by atoms with Gasteiger partial charge in [-0.05, 0) is 42.9 Å². The molecule has 2 atom stereocenters. The molecule has 1 aliphatic rings. The lowest BCUT2D eigenvalue weighted by Crippen LogP contribution is -2.33. The molecule has 28 heavy (non-hydrogen) atoms. The van der Waals surface area contributed by atoms with Gasteiger partial charge in [0.25, 0.3) is 0 Å². The Hall–Kier alpha value is -1.06. The minimum atomic E-state index is -0.165. The zero-order chi connectivity index (χ0) is 21.2. The Morgan fingerprint density at radius 1 is 0.786 bits per heavy atom. The summed E-state index contributed by atoms with van der Waals surface area (Å²) in [5.74, 6) is -0.599. The van der Waals surface area contributed by atoms with Crippen LogP contribution in [0.3, 0.4) is 0 Å². The third-order valence-corrected chi connectivity index (χ3v) is 5.97. The van der Waals surface area contributed by atoms with Crippen LogP contribution in [0.5, 0.6) is 0 Å². The van der Waals surface area contributed by atoms with Crippen molar-refractivity contribution in [3.05, 3.63) is 0 Å². The number of rotatable bonds is 12. The molecular weight excluding hydrogens is 352 g/mol. The predicted molar refractivity (Wildman–Crippen MR) is 114 cm³/mol. The zero-order valence-corrected chi connectivity index (χ0v) is 19.3. The fourth-order valence-corrected chi connectivity index (χ4v) is 3.84. The van der Waals surface area contributed by atoms with Gasteiger partial charge in [-0.15, -0.1) is 0 Å². The molecule has 0 aromatic rings. The normalized spacial score (nSPS) is 20.6. The number of ether oxygens (including phenoxy) is 2. The second-order valence-electron chi connectivity index (χ2n) is 10.3. The monoisotopic (exact) mass is 396 g/mol. The van der Waals surface area contributed by atoms with Crippen molar-refractivity contribution in [1.82, 2.24) is 0 Å². The Labute approximate surface area is 173 Å². The molecule has 1 aliphatic carbocycles. The molecule has 1 saturated carbocycles. The van der Waals surface area contributed by atoms with Gasteiger partial charge in [0.1, 0.15) is 0 Å². The van der Waals surface area contributed by atoms with E-state index in [1.165, 1.54) is 0 Å². The van der Waals surface area contributed by atoms with Crippen molar-refractivity contribution < 1.29 is 19.1 Å². The fourth-order valence-electron chi connectivity index (χ4n) is 3.84. The summed E-state index contributed by atoms with van der Waals surface area (Å²) in [5, 5.41) is 0. The van der Waals surface area contributed by atoms with E-state index in [4.69, 9.17) is 9.47 Å². The Morgan fingerprint density at radius 3 is 1.54 bits per heavy atom. The minimum Gasteiger partial charge on any atom is -0.465 e. The van der Waals surface area contributed by atoms with E-state index in [0.29, 0.717) is 19.6 Å². The maximum Gasteiger partial charge on any atom is 0.308 e. The Morgan fingerprint density at radius 2 is 1.18 bits per heavy atom. The van der Waals surface area contributed by atoms with Crippen molar-refractivity contribution in [2.45, 2.75) is 106 Å².